The van der Waals surface area contributed by atoms with Crippen molar-refractivity contribution in [3.8, 4) is 0 Å². The molecule has 0 saturated heterocycles. The van der Waals surface area contributed by atoms with Crippen LogP contribution in [0.2, 0.25) is 0 Å². The van der Waals surface area contributed by atoms with E-state index >= 15 is 0 Å². The van der Waals surface area contributed by atoms with Crippen LogP contribution >= 0.6 is 0 Å². The number of carbonyl (C=O) groups excluding carboxylic acids is 1. The molecule has 0 heterocycles. The SMILES string of the molecule is C=C.CC1/C=C\C(NC=O)=C/C(C)/C=C\1. The number of rotatable bonds is 2. The van der Waals surface area contributed by atoms with E-state index in [4.69, 9.17) is 0 Å². The Labute approximate surface area is 92.1 Å². The lowest BCUT2D eigenvalue weighted by Crippen LogP contribution is -2.10. The lowest BCUT2D eigenvalue weighted by Gasteiger charge is -2.08. The second-order valence-electron chi connectivity index (χ2n) is 3.35. The lowest BCUT2D eigenvalue weighted by molar-refractivity contribution is -0.108. The van der Waals surface area contributed by atoms with Gasteiger partial charge in [-0.3, -0.25) is 4.79 Å². The van der Waals surface area contributed by atoms with Crippen molar-refractivity contribution in [1.29, 1.82) is 0 Å². The van der Waals surface area contributed by atoms with Crippen molar-refractivity contribution in [2.24, 2.45) is 11.8 Å². The normalized spacial score (nSPS) is 31.7. The Morgan fingerprint density at radius 3 is 2.40 bits per heavy atom. The van der Waals surface area contributed by atoms with Gasteiger partial charge in [0.25, 0.3) is 0 Å². The van der Waals surface area contributed by atoms with E-state index in [2.05, 4.69) is 50.6 Å². The zero-order valence-corrected chi connectivity index (χ0v) is 9.44. The molecular weight excluding hydrogens is 186 g/mol. The third kappa shape index (κ3) is 5.68. The molecule has 0 saturated carbocycles. The zero-order chi connectivity index (χ0) is 11.7. The third-order valence-electron chi connectivity index (χ3n) is 1.97. The molecule has 0 aliphatic heterocycles. The lowest BCUT2D eigenvalue weighted by atomic mass is 10.0. The molecule has 0 bridgehead atoms. The molecule has 2 nitrogen and oxygen atoms in total. The van der Waals surface area contributed by atoms with Gasteiger partial charge < -0.3 is 5.32 Å². The van der Waals surface area contributed by atoms with Crippen molar-refractivity contribution in [3.05, 3.63) is 49.2 Å². The van der Waals surface area contributed by atoms with Crippen molar-refractivity contribution >= 4 is 6.41 Å². The predicted molar refractivity (Wildman–Crippen MR) is 65.1 cm³/mol. The van der Waals surface area contributed by atoms with Crippen LogP contribution in [0.25, 0.3) is 0 Å². The Bertz CT molecular complexity index is 276. The molecule has 0 fully saturated rings. The average Bonchev–Trinajstić information content (AvgIpc) is 2.24. The molecule has 82 valence electrons. The van der Waals surface area contributed by atoms with E-state index in [1.54, 1.807) is 0 Å². The summed E-state index contributed by atoms with van der Waals surface area (Å²) in [6.45, 7) is 10.2. The first-order valence-electron chi connectivity index (χ1n) is 5.01. The molecule has 1 aliphatic carbocycles. The van der Waals surface area contributed by atoms with Crippen LogP contribution in [0.1, 0.15) is 13.8 Å². The first-order chi connectivity index (χ1) is 7.22. The highest BCUT2D eigenvalue weighted by Crippen LogP contribution is 2.11. The monoisotopic (exact) mass is 205 g/mol. The van der Waals surface area contributed by atoms with Crippen LogP contribution in [0.15, 0.2) is 49.2 Å². The summed E-state index contributed by atoms with van der Waals surface area (Å²) in [4.78, 5) is 10.3. The number of carbonyl (C=O) groups is 1. The highest BCUT2D eigenvalue weighted by molar-refractivity contribution is 5.52. The Hall–Kier alpha value is -1.57. The summed E-state index contributed by atoms with van der Waals surface area (Å²) >= 11 is 0. The van der Waals surface area contributed by atoms with Gasteiger partial charge in [-0.05, 0) is 17.9 Å². The van der Waals surface area contributed by atoms with E-state index in [1.807, 2.05) is 12.2 Å². The highest BCUT2D eigenvalue weighted by Gasteiger charge is 2.00. The van der Waals surface area contributed by atoms with Crippen LogP contribution in [0.3, 0.4) is 0 Å². The van der Waals surface area contributed by atoms with Gasteiger partial charge >= 0.3 is 0 Å². The molecule has 2 unspecified atom stereocenters. The summed E-state index contributed by atoms with van der Waals surface area (Å²) in [6, 6.07) is 0. The quantitative estimate of drug-likeness (QED) is 0.545. The highest BCUT2D eigenvalue weighted by atomic mass is 16.1. The predicted octanol–water partition coefficient (Wildman–Crippen LogP) is 2.82. The van der Waals surface area contributed by atoms with Gasteiger partial charge in [-0.2, -0.15) is 0 Å². The van der Waals surface area contributed by atoms with Gasteiger partial charge in [0, 0.05) is 5.70 Å². The zero-order valence-electron chi connectivity index (χ0n) is 9.44. The largest absolute Gasteiger partial charge is 0.329 e. The fraction of sp³-hybridized carbons (Fsp3) is 0.308. The van der Waals surface area contributed by atoms with Crippen molar-refractivity contribution in [2.75, 3.05) is 0 Å². The van der Waals surface area contributed by atoms with Gasteiger partial charge in [0.05, 0.1) is 0 Å². The summed E-state index contributed by atoms with van der Waals surface area (Å²) in [5, 5.41) is 2.66. The molecule has 0 aromatic rings. The molecule has 1 aliphatic rings. The number of amides is 1. The number of nitrogens with one attached hydrogen (secondary N) is 1. The fourth-order valence-electron chi connectivity index (χ4n) is 1.23. The van der Waals surface area contributed by atoms with Crippen molar-refractivity contribution in [3.63, 3.8) is 0 Å². The smallest absolute Gasteiger partial charge is 0.211 e. The molecule has 1 rings (SSSR count). The average molecular weight is 205 g/mol. The Morgan fingerprint density at radius 1 is 1.20 bits per heavy atom. The first kappa shape index (κ1) is 13.4. The van der Waals surface area contributed by atoms with Gasteiger partial charge in [0.2, 0.25) is 6.41 Å². The van der Waals surface area contributed by atoms with Gasteiger partial charge in [-0.1, -0.05) is 38.2 Å². The van der Waals surface area contributed by atoms with Crippen molar-refractivity contribution < 1.29 is 4.79 Å². The molecule has 1 N–H and O–H groups in total. The van der Waals surface area contributed by atoms with Crippen LogP contribution in [0, 0.1) is 11.8 Å². The fourth-order valence-corrected chi connectivity index (χ4v) is 1.23. The summed E-state index contributed by atoms with van der Waals surface area (Å²) < 4.78 is 0. The molecule has 0 aromatic heterocycles. The molecule has 0 spiro atoms. The Morgan fingerprint density at radius 2 is 1.80 bits per heavy atom. The maximum Gasteiger partial charge on any atom is 0.211 e. The van der Waals surface area contributed by atoms with Crippen LogP contribution < -0.4 is 5.32 Å². The van der Waals surface area contributed by atoms with Crippen LogP contribution in [0.5, 0.6) is 0 Å². The van der Waals surface area contributed by atoms with Crippen molar-refractivity contribution in [1.82, 2.24) is 5.32 Å². The maximum atomic E-state index is 10.3. The minimum Gasteiger partial charge on any atom is -0.329 e. The molecule has 1 amide bonds. The minimum atomic E-state index is 0.370. The van der Waals surface area contributed by atoms with Gasteiger partial charge in [0.1, 0.15) is 0 Å². The van der Waals surface area contributed by atoms with Crippen LogP contribution in [-0.2, 0) is 4.79 Å². The van der Waals surface area contributed by atoms with Crippen LogP contribution in [0.4, 0.5) is 0 Å². The summed E-state index contributed by atoms with van der Waals surface area (Å²) in [6.07, 6.45) is 11.0. The van der Waals surface area contributed by atoms with E-state index in [-0.39, 0.29) is 0 Å². The second kappa shape index (κ2) is 7.80. The second-order valence-corrected chi connectivity index (χ2v) is 3.35. The maximum absolute atomic E-state index is 10.3. The molecule has 15 heavy (non-hydrogen) atoms. The van der Waals surface area contributed by atoms with E-state index in [0.29, 0.717) is 18.2 Å². The summed E-state index contributed by atoms with van der Waals surface area (Å²) in [5.74, 6) is 0.800. The Kier molecular flexibility index (Phi) is 6.98. The topological polar surface area (TPSA) is 29.1 Å². The number of hydrogen-bond donors (Lipinski definition) is 1. The van der Waals surface area contributed by atoms with Crippen LogP contribution in [-0.4, -0.2) is 6.41 Å². The molecule has 2 atom stereocenters. The first-order valence-corrected chi connectivity index (χ1v) is 5.01. The number of hydrogen-bond acceptors (Lipinski definition) is 1. The summed E-state index contributed by atoms with van der Waals surface area (Å²) in [5.41, 5.74) is 0.874. The van der Waals surface area contributed by atoms with Gasteiger partial charge in [-0.25, -0.2) is 0 Å². The third-order valence-corrected chi connectivity index (χ3v) is 1.97. The van der Waals surface area contributed by atoms with E-state index in [0.717, 1.165) is 5.70 Å². The molecular formula is C13H19NO. The standard InChI is InChI=1S/C11H15NO.C2H4/c1-9-3-4-10(2)7-11(6-5-9)12-8-13;1-2/h3-10H,1-2H3,(H,12,13);1-2H2/b4-3-,6-5-,11-7+;. The molecule has 2 heteroatoms. The van der Waals surface area contributed by atoms with E-state index < -0.39 is 0 Å². The molecule has 0 aromatic carbocycles. The summed E-state index contributed by atoms with van der Waals surface area (Å²) in [7, 11) is 0. The van der Waals surface area contributed by atoms with Crippen molar-refractivity contribution in [2.45, 2.75) is 13.8 Å². The molecule has 0 radical (unpaired) electrons. The Balaban J connectivity index is 0.000000921. The number of allylic oxidation sites excluding steroid dienone is 5. The van der Waals surface area contributed by atoms with E-state index in [1.165, 1.54) is 0 Å². The van der Waals surface area contributed by atoms with E-state index in [9.17, 15) is 4.79 Å². The van der Waals surface area contributed by atoms with Gasteiger partial charge in [-0.15, -0.1) is 13.2 Å². The minimum absolute atomic E-state index is 0.370. The van der Waals surface area contributed by atoms with Gasteiger partial charge in [0.15, 0.2) is 0 Å².